The zero-order valence-electron chi connectivity index (χ0n) is 9.24. The van der Waals surface area contributed by atoms with Crippen molar-refractivity contribution in [2.45, 2.75) is 6.92 Å². The smallest absolute Gasteiger partial charge is 0.142 e. The van der Waals surface area contributed by atoms with Crippen LogP contribution in [-0.2, 0) is 0 Å². The van der Waals surface area contributed by atoms with Gasteiger partial charge in [-0.2, -0.15) is 0 Å². The van der Waals surface area contributed by atoms with E-state index in [0.29, 0.717) is 28.2 Å². The number of anilines is 1. The van der Waals surface area contributed by atoms with Crippen LogP contribution in [0.3, 0.4) is 0 Å². The van der Waals surface area contributed by atoms with Gasteiger partial charge in [-0.3, -0.25) is 9.97 Å². The quantitative estimate of drug-likeness (QED) is 0.777. The Morgan fingerprint density at radius 3 is 2.71 bits per heavy atom. The fraction of sp³-hybridized carbons (Fsp3) is 0.0833. The molecular formula is C12H11FN4. The van der Waals surface area contributed by atoms with Crippen molar-refractivity contribution in [3.05, 3.63) is 42.1 Å². The van der Waals surface area contributed by atoms with Gasteiger partial charge in [-0.15, -0.1) is 0 Å². The molecule has 3 N–H and O–H groups in total. The van der Waals surface area contributed by atoms with Crippen molar-refractivity contribution in [3.63, 3.8) is 0 Å². The van der Waals surface area contributed by atoms with Crippen molar-refractivity contribution >= 4 is 11.4 Å². The molecule has 0 bridgehead atoms. The van der Waals surface area contributed by atoms with E-state index < -0.39 is 5.82 Å². The molecule has 0 aliphatic heterocycles. The van der Waals surface area contributed by atoms with Crippen LogP contribution in [-0.4, -0.2) is 15.7 Å². The van der Waals surface area contributed by atoms with Gasteiger partial charge in [0.15, 0.2) is 0 Å². The third-order valence-corrected chi connectivity index (χ3v) is 2.34. The Balaban J connectivity index is 2.54. The van der Waals surface area contributed by atoms with Crippen LogP contribution in [0.5, 0.6) is 0 Å². The van der Waals surface area contributed by atoms with Crippen molar-refractivity contribution in [2.24, 2.45) is 0 Å². The minimum absolute atomic E-state index is 0.343. The second-order valence-corrected chi connectivity index (χ2v) is 3.67. The first-order valence-electron chi connectivity index (χ1n) is 5.00. The molecule has 0 radical (unpaired) electrons. The monoisotopic (exact) mass is 230 g/mol. The average Bonchev–Trinajstić information content (AvgIpc) is 2.29. The highest BCUT2D eigenvalue weighted by Crippen LogP contribution is 2.21. The largest absolute Gasteiger partial charge is 0.397 e. The molecule has 0 aromatic carbocycles. The summed E-state index contributed by atoms with van der Waals surface area (Å²) < 4.78 is 13.0. The maximum Gasteiger partial charge on any atom is 0.142 e. The maximum absolute atomic E-state index is 13.0. The number of nitrogens with two attached hydrogens (primary N) is 1. The van der Waals surface area contributed by atoms with Crippen LogP contribution in [0, 0.1) is 11.2 Å². The van der Waals surface area contributed by atoms with Gasteiger partial charge in [0, 0.05) is 23.0 Å². The van der Waals surface area contributed by atoms with E-state index in [9.17, 15) is 4.39 Å². The van der Waals surface area contributed by atoms with Crippen LogP contribution in [0.4, 0.5) is 10.1 Å². The summed E-state index contributed by atoms with van der Waals surface area (Å²) in [4.78, 5) is 7.86. The van der Waals surface area contributed by atoms with Crippen molar-refractivity contribution in [2.75, 3.05) is 5.73 Å². The van der Waals surface area contributed by atoms with Gasteiger partial charge in [0.25, 0.3) is 0 Å². The Hall–Kier alpha value is -2.30. The Kier molecular flexibility index (Phi) is 2.82. The number of pyridine rings is 2. The van der Waals surface area contributed by atoms with Gasteiger partial charge in [0.1, 0.15) is 5.82 Å². The molecule has 0 atom stereocenters. The van der Waals surface area contributed by atoms with Gasteiger partial charge in [0.05, 0.1) is 23.8 Å². The summed E-state index contributed by atoms with van der Waals surface area (Å²) in [6.45, 7) is 1.64. The van der Waals surface area contributed by atoms with Crippen LogP contribution >= 0.6 is 0 Å². The Labute approximate surface area is 97.8 Å². The molecule has 2 aromatic rings. The van der Waals surface area contributed by atoms with Crippen LogP contribution in [0.15, 0.2) is 30.7 Å². The fourth-order valence-corrected chi connectivity index (χ4v) is 1.50. The van der Waals surface area contributed by atoms with Gasteiger partial charge in [0.2, 0.25) is 0 Å². The van der Waals surface area contributed by atoms with Gasteiger partial charge >= 0.3 is 0 Å². The second kappa shape index (κ2) is 4.29. The molecule has 0 spiro atoms. The molecule has 2 aromatic heterocycles. The first kappa shape index (κ1) is 11.2. The lowest BCUT2D eigenvalue weighted by Gasteiger charge is -2.06. The lowest BCUT2D eigenvalue weighted by Crippen LogP contribution is -2.01. The van der Waals surface area contributed by atoms with E-state index in [1.807, 2.05) is 0 Å². The Morgan fingerprint density at radius 1 is 1.29 bits per heavy atom. The molecule has 4 nitrogen and oxygen atoms in total. The maximum atomic E-state index is 13.0. The number of nitrogens with one attached hydrogen (secondary N) is 1. The predicted octanol–water partition coefficient (Wildman–Crippen LogP) is 2.25. The molecule has 86 valence electrons. The van der Waals surface area contributed by atoms with Crippen LogP contribution in [0.25, 0.3) is 11.3 Å². The summed E-state index contributed by atoms with van der Waals surface area (Å²) in [7, 11) is 0. The number of nitrogen functional groups attached to an aromatic ring is 1. The van der Waals surface area contributed by atoms with E-state index in [1.165, 1.54) is 18.5 Å². The zero-order chi connectivity index (χ0) is 12.4. The van der Waals surface area contributed by atoms with E-state index in [-0.39, 0.29) is 0 Å². The molecule has 0 amide bonds. The lowest BCUT2D eigenvalue weighted by atomic mass is 10.1. The SMILES string of the molecule is CC(=N)c1cc(-c2cncc(F)c2)ncc1N. The molecule has 5 heteroatoms. The van der Waals surface area contributed by atoms with Crippen LogP contribution < -0.4 is 5.73 Å². The van der Waals surface area contributed by atoms with E-state index >= 15 is 0 Å². The highest BCUT2D eigenvalue weighted by Gasteiger charge is 2.07. The molecule has 2 rings (SSSR count). The van der Waals surface area contributed by atoms with Crippen molar-refractivity contribution in [1.82, 2.24) is 9.97 Å². The average molecular weight is 230 g/mol. The number of aromatic nitrogens is 2. The molecule has 0 unspecified atom stereocenters. The number of halogens is 1. The molecule has 0 aliphatic rings. The Bertz CT molecular complexity index is 580. The molecule has 2 heterocycles. The van der Waals surface area contributed by atoms with Gasteiger partial charge in [-0.05, 0) is 19.1 Å². The summed E-state index contributed by atoms with van der Waals surface area (Å²) in [5, 5.41) is 7.58. The predicted molar refractivity (Wildman–Crippen MR) is 64.3 cm³/mol. The standard InChI is InChI=1S/C12H11FN4/c1-7(14)10-3-12(17-6-11(10)15)8-2-9(13)5-16-4-8/h2-6,14H,15H2,1H3. The fourth-order valence-electron chi connectivity index (χ4n) is 1.50. The van der Waals surface area contributed by atoms with Crippen LogP contribution in [0.2, 0.25) is 0 Å². The van der Waals surface area contributed by atoms with Gasteiger partial charge in [-0.1, -0.05) is 0 Å². The Morgan fingerprint density at radius 2 is 2.06 bits per heavy atom. The summed E-state index contributed by atoms with van der Waals surface area (Å²) in [5.74, 6) is -0.422. The first-order chi connectivity index (χ1) is 8.08. The van der Waals surface area contributed by atoms with E-state index in [2.05, 4.69) is 9.97 Å². The van der Waals surface area contributed by atoms with Gasteiger partial charge in [-0.25, -0.2) is 4.39 Å². The topological polar surface area (TPSA) is 75.7 Å². The molecular weight excluding hydrogens is 219 g/mol. The molecule has 0 fully saturated rings. The molecule has 0 aliphatic carbocycles. The number of nitrogens with zero attached hydrogens (tertiary/aromatic N) is 2. The number of rotatable bonds is 2. The summed E-state index contributed by atoms with van der Waals surface area (Å²) in [6.07, 6.45) is 4.11. The van der Waals surface area contributed by atoms with E-state index in [0.717, 1.165) is 6.20 Å². The first-order valence-corrected chi connectivity index (χ1v) is 5.00. The zero-order valence-corrected chi connectivity index (χ0v) is 9.24. The number of hydrogen-bond acceptors (Lipinski definition) is 4. The molecule has 17 heavy (non-hydrogen) atoms. The molecule has 0 saturated carbocycles. The third kappa shape index (κ3) is 2.28. The van der Waals surface area contributed by atoms with Crippen molar-refractivity contribution in [1.29, 1.82) is 5.41 Å². The highest BCUT2D eigenvalue weighted by molar-refractivity contribution is 6.01. The highest BCUT2D eigenvalue weighted by atomic mass is 19.1. The summed E-state index contributed by atoms with van der Waals surface area (Å²) in [6, 6.07) is 3.00. The van der Waals surface area contributed by atoms with Crippen LogP contribution in [0.1, 0.15) is 12.5 Å². The van der Waals surface area contributed by atoms with Crippen molar-refractivity contribution in [3.8, 4) is 11.3 Å². The van der Waals surface area contributed by atoms with Gasteiger partial charge < -0.3 is 11.1 Å². The molecule has 0 saturated heterocycles. The third-order valence-electron chi connectivity index (χ3n) is 2.34. The van der Waals surface area contributed by atoms with E-state index in [1.54, 1.807) is 13.0 Å². The lowest BCUT2D eigenvalue weighted by molar-refractivity contribution is 0.622. The minimum atomic E-state index is -0.422. The second-order valence-electron chi connectivity index (χ2n) is 3.67. The normalized spacial score (nSPS) is 10.2. The minimum Gasteiger partial charge on any atom is -0.397 e. The van der Waals surface area contributed by atoms with E-state index in [4.69, 9.17) is 11.1 Å². The number of hydrogen-bond donors (Lipinski definition) is 2. The summed E-state index contributed by atoms with van der Waals surface area (Å²) >= 11 is 0. The summed E-state index contributed by atoms with van der Waals surface area (Å²) in [5.41, 5.74) is 8.19. The van der Waals surface area contributed by atoms with Crippen molar-refractivity contribution < 1.29 is 4.39 Å².